The van der Waals surface area contributed by atoms with E-state index in [0.717, 1.165) is 53.3 Å². The van der Waals surface area contributed by atoms with E-state index in [1.54, 1.807) is 18.2 Å². The molecule has 202 valence electrons. The summed E-state index contributed by atoms with van der Waals surface area (Å²) < 4.78 is 13.7. The van der Waals surface area contributed by atoms with Gasteiger partial charge in [-0.05, 0) is 68.0 Å². The maximum absolute atomic E-state index is 13.7. The van der Waals surface area contributed by atoms with Gasteiger partial charge in [-0.3, -0.25) is 4.79 Å². The first-order chi connectivity index (χ1) is 18.9. The van der Waals surface area contributed by atoms with Gasteiger partial charge < -0.3 is 25.8 Å². The van der Waals surface area contributed by atoms with Crippen LogP contribution in [0.5, 0.6) is 0 Å². The summed E-state index contributed by atoms with van der Waals surface area (Å²) in [6, 6.07) is 12.3. The number of hydrogen-bond donors (Lipinski definition) is 2. The van der Waals surface area contributed by atoms with Crippen LogP contribution < -0.4 is 25.8 Å². The van der Waals surface area contributed by atoms with Crippen LogP contribution in [-0.4, -0.2) is 60.1 Å². The molecule has 1 aromatic carbocycles. The molecule has 1 amide bonds. The van der Waals surface area contributed by atoms with Crippen molar-refractivity contribution >= 4 is 29.2 Å². The number of nitrogens with one attached hydrogen (secondary N) is 1. The second kappa shape index (κ2) is 10.2. The van der Waals surface area contributed by atoms with Crippen molar-refractivity contribution in [3.8, 4) is 11.3 Å². The van der Waals surface area contributed by atoms with Crippen LogP contribution >= 0.6 is 0 Å². The number of rotatable bonds is 7. The molecule has 3 fully saturated rings. The number of benzene rings is 1. The summed E-state index contributed by atoms with van der Waals surface area (Å²) in [6.07, 6.45) is 4.84. The van der Waals surface area contributed by atoms with Gasteiger partial charge in [0.2, 0.25) is 5.95 Å². The second-order valence-electron chi connectivity index (χ2n) is 10.5. The van der Waals surface area contributed by atoms with Gasteiger partial charge in [-0.25, -0.2) is 14.4 Å². The molecule has 6 rings (SSSR count). The highest BCUT2D eigenvalue weighted by molar-refractivity contribution is 5.92. The number of piperazine rings is 1. The minimum Gasteiger partial charge on any atom is -0.385 e. The highest BCUT2D eigenvalue weighted by Crippen LogP contribution is 2.42. The van der Waals surface area contributed by atoms with Crippen LogP contribution in [-0.2, 0) is 0 Å². The van der Waals surface area contributed by atoms with Crippen LogP contribution in [0, 0.1) is 11.7 Å². The van der Waals surface area contributed by atoms with Crippen LogP contribution in [0.4, 0.5) is 27.7 Å². The van der Waals surface area contributed by atoms with Gasteiger partial charge >= 0.3 is 0 Å². The van der Waals surface area contributed by atoms with E-state index < -0.39 is 5.91 Å². The van der Waals surface area contributed by atoms with Crippen LogP contribution in [0.1, 0.15) is 36.2 Å². The maximum atomic E-state index is 13.7. The summed E-state index contributed by atoms with van der Waals surface area (Å²) in [6.45, 7) is 7.08. The minimum atomic E-state index is -0.565. The van der Waals surface area contributed by atoms with Crippen LogP contribution in [0.3, 0.4) is 0 Å². The third-order valence-electron chi connectivity index (χ3n) is 7.88. The minimum absolute atomic E-state index is 0.220. The van der Waals surface area contributed by atoms with Crippen LogP contribution in [0.2, 0.25) is 0 Å². The van der Waals surface area contributed by atoms with Crippen molar-refractivity contribution < 1.29 is 9.18 Å². The zero-order valence-corrected chi connectivity index (χ0v) is 22.1. The molecule has 9 nitrogen and oxygen atoms in total. The molecule has 1 atom stereocenters. The smallest absolute Gasteiger partial charge is 0.267 e. The highest BCUT2D eigenvalue weighted by atomic mass is 19.1. The normalized spacial score (nSPS) is 19.5. The van der Waals surface area contributed by atoms with Gasteiger partial charge in [0.1, 0.15) is 17.3 Å². The van der Waals surface area contributed by atoms with Gasteiger partial charge in [-0.15, -0.1) is 0 Å². The average Bonchev–Trinajstić information content (AvgIpc) is 3.68. The molecule has 1 aliphatic carbocycles. The van der Waals surface area contributed by atoms with Crippen molar-refractivity contribution in [3.05, 3.63) is 66.3 Å². The number of carbonyl (C=O) groups is 1. The average molecular weight is 529 g/mol. The lowest BCUT2D eigenvalue weighted by molar-refractivity contribution is 0.0995. The second-order valence-corrected chi connectivity index (χ2v) is 10.5. The number of halogens is 1. The van der Waals surface area contributed by atoms with E-state index in [2.05, 4.69) is 31.6 Å². The summed E-state index contributed by atoms with van der Waals surface area (Å²) in [4.78, 5) is 32.9. The summed E-state index contributed by atoms with van der Waals surface area (Å²) >= 11 is 0. The molecule has 10 heteroatoms. The lowest BCUT2D eigenvalue weighted by Crippen LogP contribution is -2.45. The van der Waals surface area contributed by atoms with Gasteiger partial charge in [-0.1, -0.05) is 6.58 Å². The molecular formula is C29H33FN8O. The number of amides is 1. The highest BCUT2D eigenvalue weighted by Gasteiger charge is 2.39. The third kappa shape index (κ3) is 4.98. The molecule has 3 aliphatic rings. The van der Waals surface area contributed by atoms with Gasteiger partial charge in [0.05, 0.1) is 17.9 Å². The third-order valence-corrected chi connectivity index (χ3v) is 7.88. The van der Waals surface area contributed by atoms with Gasteiger partial charge in [0, 0.05) is 50.1 Å². The quantitative estimate of drug-likeness (QED) is 0.474. The Morgan fingerprint density at radius 1 is 1.05 bits per heavy atom. The largest absolute Gasteiger partial charge is 0.385 e. The molecule has 0 spiro atoms. The molecule has 2 aliphatic heterocycles. The molecule has 3 aromatic rings. The predicted molar refractivity (Wildman–Crippen MR) is 152 cm³/mol. The number of anilines is 4. The number of primary amides is 1. The molecule has 4 heterocycles. The van der Waals surface area contributed by atoms with Crippen molar-refractivity contribution in [2.45, 2.75) is 31.7 Å². The Labute approximate surface area is 227 Å². The van der Waals surface area contributed by atoms with Gasteiger partial charge in [0.25, 0.3) is 5.91 Å². The van der Waals surface area contributed by atoms with E-state index >= 15 is 0 Å². The topological polar surface area (TPSA) is 104 Å². The monoisotopic (exact) mass is 528 g/mol. The summed E-state index contributed by atoms with van der Waals surface area (Å²) in [7, 11) is 1.82. The molecule has 39 heavy (non-hydrogen) atoms. The first-order valence-corrected chi connectivity index (χ1v) is 13.5. The Morgan fingerprint density at radius 3 is 2.54 bits per heavy atom. The first kappa shape index (κ1) is 25.1. The number of hydrogen-bond acceptors (Lipinski definition) is 8. The molecule has 2 saturated heterocycles. The molecule has 1 unspecified atom stereocenters. The molecule has 0 bridgehead atoms. The number of carbonyl (C=O) groups excluding carboxylic acids is 1. The fraction of sp³-hybridized carbons (Fsp3) is 0.379. The molecular weight excluding hydrogens is 495 g/mol. The fourth-order valence-corrected chi connectivity index (χ4v) is 5.71. The zero-order valence-electron chi connectivity index (χ0n) is 22.1. The van der Waals surface area contributed by atoms with Crippen LogP contribution in [0.15, 0.2) is 54.7 Å². The number of nitrogens with two attached hydrogens (primary N) is 1. The van der Waals surface area contributed by atoms with E-state index in [1.165, 1.54) is 31.4 Å². The van der Waals surface area contributed by atoms with E-state index in [1.807, 2.05) is 19.2 Å². The van der Waals surface area contributed by atoms with E-state index in [9.17, 15) is 9.18 Å². The standard InChI is InChI=1S/C29H33FN8O/c1-18-17-36(28-23(32-2)12-11-22(33-28)27(31)39)14-15-37(18)26-16-24(19-7-9-21(30)10-8-19)34-29(35-26)38-13-3-4-25(38)20-5-6-20/h7-12,16,20,25,32H,1,3-6,13-15,17H2,2H3,(H2,31,39). The first-order valence-electron chi connectivity index (χ1n) is 13.5. The van der Waals surface area contributed by atoms with Crippen LogP contribution in [0.25, 0.3) is 11.3 Å². The lowest BCUT2D eigenvalue weighted by Gasteiger charge is -2.38. The Bertz CT molecular complexity index is 1410. The fourth-order valence-electron chi connectivity index (χ4n) is 5.71. The molecule has 1 saturated carbocycles. The summed E-state index contributed by atoms with van der Waals surface area (Å²) in [5.41, 5.74) is 8.98. The van der Waals surface area contributed by atoms with Crippen molar-refractivity contribution in [1.29, 1.82) is 0 Å². The predicted octanol–water partition coefficient (Wildman–Crippen LogP) is 4.04. The Balaban J connectivity index is 1.32. The zero-order chi connectivity index (χ0) is 27.1. The molecule has 3 N–H and O–H groups in total. The van der Waals surface area contributed by atoms with E-state index in [0.29, 0.717) is 31.5 Å². The van der Waals surface area contributed by atoms with E-state index in [4.69, 9.17) is 15.7 Å². The van der Waals surface area contributed by atoms with Crippen molar-refractivity contribution in [2.75, 3.05) is 53.2 Å². The number of nitrogens with zero attached hydrogens (tertiary/aromatic N) is 6. The summed E-state index contributed by atoms with van der Waals surface area (Å²) in [5, 5.41) is 3.15. The van der Waals surface area contributed by atoms with Gasteiger partial charge in [-0.2, -0.15) is 4.98 Å². The Kier molecular flexibility index (Phi) is 6.54. The molecule has 2 aromatic heterocycles. The molecule has 0 radical (unpaired) electrons. The van der Waals surface area contributed by atoms with Crippen molar-refractivity contribution in [3.63, 3.8) is 0 Å². The number of pyridine rings is 1. The Morgan fingerprint density at radius 2 is 1.85 bits per heavy atom. The Hall–Kier alpha value is -4.21. The SMILES string of the molecule is C=C1CN(c2nc(C(N)=O)ccc2NC)CCN1c1cc(-c2ccc(F)cc2)nc(N2CCCC2C2CC2)n1. The van der Waals surface area contributed by atoms with Crippen molar-refractivity contribution in [2.24, 2.45) is 11.7 Å². The van der Waals surface area contributed by atoms with Gasteiger partial charge in [0.15, 0.2) is 5.82 Å². The number of aromatic nitrogens is 3. The van der Waals surface area contributed by atoms with Crippen molar-refractivity contribution in [1.82, 2.24) is 15.0 Å². The van der Waals surface area contributed by atoms with E-state index in [-0.39, 0.29) is 11.5 Å². The maximum Gasteiger partial charge on any atom is 0.267 e. The summed E-state index contributed by atoms with van der Waals surface area (Å²) in [5.74, 6) is 2.04. The lowest BCUT2D eigenvalue weighted by atomic mass is 10.1.